The van der Waals surface area contributed by atoms with Crippen LogP contribution in [0.1, 0.15) is 15.2 Å². The lowest BCUT2D eigenvalue weighted by atomic mass is 10.2. The predicted molar refractivity (Wildman–Crippen MR) is 84.2 cm³/mol. The zero-order valence-electron chi connectivity index (χ0n) is 11.1. The Hall–Kier alpha value is -2.00. The van der Waals surface area contributed by atoms with Gasteiger partial charge in [-0.2, -0.15) is 0 Å². The van der Waals surface area contributed by atoms with Gasteiger partial charge in [-0.05, 0) is 18.2 Å². The van der Waals surface area contributed by atoms with Gasteiger partial charge in [-0.25, -0.2) is 0 Å². The Labute approximate surface area is 131 Å². The summed E-state index contributed by atoms with van der Waals surface area (Å²) in [7, 11) is 1.51. The number of halogens is 1. The molecular formula is C15H12ClNO3S. The fourth-order valence-electron chi connectivity index (χ4n) is 1.59. The van der Waals surface area contributed by atoms with E-state index in [2.05, 4.69) is 17.2 Å². The van der Waals surface area contributed by atoms with Crippen molar-refractivity contribution in [2.45, 2.75) is 0 Å². The number of rotatable bonds is 3. The highest BCUT2D eigenvalue weighted by Crippen LogP contribution is 2.27. The first kappa shape index (κ1) is 15.4. The Morgan fingerprint density at radius 1 is 1.48 bits per heavy atom. The third-order valence-electron chi connectivity index (χ3n) is 2.56. The van der Waals surface area contributed by atoms with Gasteiger partial charge in [0, 0.05) is 17.1 Å². The van der Waals surface area contributed by atoms with Gasteiger partial charge < -0.3 is 15.2 Å². The number of hydrogen-bond acceptors (Lipinski definition) is 4. The molecule has 0 aliphatic rings. The highest BCUT2D eigenvalue weighted by molar-refractivity contribution is 7.10. The van der Waals surface area contributed by atoms with Crippen LogP contribution in [0.25, 0.3) is 0 Å². The van der Waals surface area contributed by atoms with Gasteiger partial charge in [0.2, 0.25) is 0 Å². The molecule has 1 aromatic carbocycles. The lowest BCUT2D eigenvalue weighted by molar-refractivity contribution is 0.102. The zero-order valence-corrected chi connectivity index (χ0v) is 12.7. The Morgan fingerprint density at radius 3 is 3.00 bits per heavy atom. The molecule has 4 nitrogen and oxygen atoms in total. The molecule has 0 unspecified atom stereocenters. The van der Waals surface area contributed by atoms with E-state index >= 15 is 0 Å². The number of thiophene rings is 1. The van der Waals surface area contributed by atoms with Crippen molar-refractivity contribution in [2.24, 2.45) is 0 Å². The van der Waals surface area contributed by atoms with Crippen LogP contribution in [-0.4, -0.2) is 24.7 Å². The number of benzene rings is 1. The van der Waals surface area contributed by atoms with Crippen LogP contribution < -0.4 is 10.1 Å². The molecule has 108 valence electrons. The maximum Gasteiger partial charge on any atom is 0.256 e. The number of nitrogens with one attached hydrogen (secondary N) is 1. The quantitative estimate of drug-likeness (QED) is 0.854. The van der Waals surface area contributed by atoms with Gasteiger partial charge in [-0.3, -0.25) is 4.79 Å². The molecule has 1 heterocycles. The SMILES string of the molecule is COc1cc(NC(=O)c2csc(C#CCO)c2)ccc1Cl. The smallest absolute Gasteiger partial charge is 0.256 e. The summed E-state index contributed by atoms with van der Waals surface area (Å²) >= 11 is 7.28. The summed E-state index contributed by atoms with van der Waals surface area (Å²) in [6, 6.07) is 6.68. The molecule has 0 bridgehead atoms. The first-order chi connectivity index (χ1) is 10.1. The molecule has 2 aromatic rings. The minimum atomic E-state index is -0.243. The molecule has 0 atom stereocenters. The van der Waals surface area contributed by atoms with Crippen LogP contribution in [0, 0.1) is 11.8 Å². The lowest BCUT2D eigenvalue weighted by Gasteiger charge is -2.07. The summed E-state index contributed by atoms with van der Waals surface area (Å²) in [6.45, 7) is -0.204. The predicted octanol–water partition coefficient (Wildman–Crippen LogP) is 3.01. The van der Waals surface area contributed by atoms with Gasteiger partial charge in [0.1, 0.15) is 12.4 Å². The van der Waals surface area contributed by atoms with E-state index in [4.69, 9.17) is 21.4 Å². The molecule has 0 saturated heterocycles. The Bertz CT molecular complexity index is 715. The largest absolute Gasteiger partial charge is 0.495 e. The molecule has 0 aliphatic carbocycles. The van der Waals surface area contributed by atoms with Gasteiger partial charge in [0.05, 0.1) is 22.6 Å². The molecule has 1 amide bonds. The van der Waals surface area contributed by atoms with Crippen molar-refractivity contribution in [3.63, 3.8) is 0 Å². The Balaban J connectivity index is 2.12. The minimum absolute atomic E-state index is 0.204. The lowest BCUT2D eigenvalue weighted by Crippen LogP contribution is -2.10. The number of anilines is 1. The summed E-state index contributed by atoms with van der Waals surface area (Å²) in [4.78, 5) is 12.8. The number of ether oxygens (including phenoxy) is 1. The number of carbonyl (C=O) groups excluding carboxylic acids is 1. The van der Waals surface area contributed by atoms with Crippen LogP contribution >= 0.6 is 22.9 Å². The molecular weight excluding hydrogens is 310 g/mol. The highest BCUT2D eigenvalue weighted by atomic mass is 35.5. The van der Waals surface area contributed by atoms with Crippen LogP contribution in [0.2, 0.25) is 5.02 Å². The van der Waals surface area contributed by atoms with Crippen molar-refractivity contribution < 1.29 is 14.6 Å². The molecule has 0 fully saturated rings. The summed E-state index contributed by atoms with van der Waals surface area (Å²) in [5.74, 6) is 5.55. The van der Waals surface area contributed by atoms with Crippen molar-refractivity contribution in [2.75, 3.05) is 19.0 Å². The molecule has 0 spiro atoms. The van der Waals surface area contributed by atoms with Crippen LogP contribution in [0.5, 0.6) is 5.75 Å². The van der Waals surface area contributed by atoms with E-state index in [0.717, 1.165) is 4.88 Å². The first-order valence-electron chi connectivity index (χ1n) is 5.97. The second-order valence-corrected chi connectivity index (χ2v) is 5.28. The minimum Gasteiger partial charge on any atom is -0.495 e. The van der Waals surface area contributed by atoms with Crippen molar-refractivity contribution in [3.8, 4) is 17.6 Å². The van der Waals surface area contributed by atoms with E-state index in [9.17, 15) is 4.79 Å². The third kappa shape index (κ3) is 3.99. The average molecular weight is 322 g/mol. The van der Waals surface area contributed by atoms with Crippen molar-refractivity contribution in [3.05, 3.63) is 45.1 Å². The summed E-state index contributed by atoms with van der Waals surface area (Å²) in [5.41, 5.74) is 1.10. The number of hydrogen-bond donors (Lipinski definition) is 2. The summed E-state index contributed by atoms with van der Waals surface area (Å²) in [5, 5.41) is 13.6. The number of amides is 1. The molecule has 6 heteroatoms. The second-order valence-electron chi connectivity index (χ2n) is 3.96. The molecule has 0 radical (unpaired) electrons. The first-order valence-corrected chi connectivity index (χ1v) is 7.23. The monoisotopic (exact) mass is 321 g/mol. The number of methoxy groups -OCH3 is 1. The molecule has 2 rings (SSSR count). The maximum absolute atomic E-state index is 12.1. The van der Waals surface area contributed by atoms with Crippen LogP contribution in [0.4, 0.5) is 5.69 Å². The van der Waals surface area contributed by atoms with E-state index in [0.29, 0.717) is 22.0 Å². The molecule has 0 saturated carbocycles. The number of aliphatic hydroxyl groups excluding tert-OH is 1. The van der Waals surface area contributed by atoms with Crippen molar-refractivity contribution in [1.82, 2.24) is 0 Å². The summed E-state index contributed by atoms with van der Waals surface area (Å²) in [6.07, 6.45) is 0. The molecule has 2 N–H and O–H groups in total. The van der Waals surface area contributed by atoms with E-state index in [-0.39, 0.29) is 12.5 Å². The third-order valence-corrected chi connectivity index (χ3v) is 3.72. The van der Waals surface area contributed by atoms with E-state index < -0.39 is 0 Å². The van der Waals surface area contributed by atoms with Crippen LogP contribution in [0.15, 0.2) is 29.6 Å². The standard InChI is InChI=1S/C15H12ClNO3S/c1-20-14-8-11(4-5-13(14)16)17-15(19)10-7-12(21-9-10)3-2-6-18/h4-5,7-9,18H,6H2,1H3,(H,17,19). The topological polar surface area (TPSA) is 58.6 Å². The van der Waals surface area contributed by atoms with Crippen LogP contribution in [-0.2, 0) is 0 Å². The van der Waals surface area contributed by atoms with Gasteiger partial charge in [-0.1, -0.05) is 23.4 Å². The normalized spacial score (nSPS) is 9.67. The van der Waals surface area contributed by atoms with Crippen molar-refractivity contribution in [1.29, 1.82) is 0 Å². The number of aliphatic hydroxyl groups is 1. The van der Waals surface area contributed by atoms with Gasteiger partial charge in [0.15, 0.2) is 0 Å². The van der Waals surface area contributed by atoms with Crippen molar-refractivity contribution >= 4 is 34.5 Å². The van der Waals surface area contributed by atoms with Crippen LogP contribution in [0.3, 0.4) is 0 Å². The van der Waals surface area contributed by atoms with Gasteiger partial charge in [0.25, 0.3) is 5.91 Å². The Kier molecular flexibility index (Phi) is 5.23. The second kappa shape index (κ2) is 7.14. The summed E-state index contributed by atoms with van der Waals surface area (Å²) < 4.78 is 5.10. The molecule has 21 heavy (non-hydrogen) atoms. The molecule has 0 aliphatic heterocycles. The Morgan fingerprint density at radius 2 is 2.29 bits per heavy atom. The number of carbonyl (C=O) groups is 1. The molecule has 1 aromatic heterocycles. The van der Waals surface area contributed by atoms with E-state index in [1.165, 1.54) is 18.4 Å². The fourth-order valence-corrected chi connectivity index (χ4v) is 2.54. The average Bonchev–Trinajstić information content (AvgIpc) is 2.96. The maximum atomic E-state index is 12.1. The van der Waals surface area contributed by atoms with Gasteiger partial charge >= 0.3 is 0 Å². The van der Waals surface area contributed by atoms with E-state index in [1.807, 2.05) is 0 Å². The van der Waals surface area contributed by atoms with E-state index in [1.54, 1.807) is 29.6 Å². The highest BCUT2D eigenvalue weighted by Gasteiger charge is 2.10. The van der Waals surface area contributed by atoms with Gasteiger partial charge in [-0.15, -0.1) is 11.3 Å². The fraction of sp³-hybridized carbons (Fsp3) is 0.133. The zero-order chi connectivity index (χ0) is 15.2.